The SMILES string of the molecule is CNC(Cc1cccc(Br)c1)c1cnn(C)c1. The molecule has 2 aromatic rings. The monoisotopic (exact) mass is 293 g/mol. The maximum absolute atomic E-state index is 4.21. The lowest BCUT2D eigenvalue weighted by Crippen LogP contribution is -2.18. The number of aryl methyl sites for hydroxylation is 1. The number of hydrogen-bond donors (Lipinski definition) is 1. The molecule has 0 radical (unpaired) electrons. The molecule has 1 aromatic carbocycles. The molecule has 0 saturated heterocycles. The van der Waals surface area contributed by atoms with Gasteiger partial charge in [0.25, 0.3) is 0 Å². The lowest BCUT2D eigenvalue weighted by atomic mass is 10.0. The molecule has 1 N–H and O–H groups in total. The molecule has 0 fully saturated rings. The lowest BCUT2D eigenvalue weighted by molar-refractivity contribution is 0.591. The molecule has 0 aliphatic rings. The summed E-state index contributed by atoms with van der Waals surface area (Å²) >= 11 is 3.50. The van der Waals surface area contributed by atoms with E-state index in [9.17, 15) is 0 Å². The minimum Gasteiger partial charge on any atom is -0.313 e. The summed E-state index contributed by atoms with van der Waals surface area (Å²) in [6.45, 7) is 0. The van der Waals surface area contributed by atoms with Gasteiger partial charge in [0.05, 0.1) is 6.20 Å². The summed E-state index contributed by atoms with van der Waals surface area (Å²) in [4.78, 5) is 0. The Morgan fingerprint density at radius 2 is 2.29 bits per heavy atom. The molecule has 1 unspecified atom stereocenters. The van der Waals surface area contributed by atoms with E-state index in [1.54, 1.807) is 0 Å². The summed E-state index contributed by atoms with van der Waals surface area (Å²) in [6, 6.07) is 8.71. The van der Waals surface area contributed by atoms with Crippen molar-refractivity contribution in [3.63, 3.8) is 0 Å². The van der Waals surface area contributed by atoms with Crippen molar-refractivity contribution in [2.75, 3.05) is 7.05 Å². The third-order valence-electron chi connectivity index (χ3n) is 2.80. The van der Waals surface area contributed by atoms with Crippen molar-refractivity contribution in [3.8, 4) is 0 Å². The first-order valence-electron chi connectivity index (χ1n) is 5.59. The number of benzene rings is 1. The Hall–Kier alpha value is -1.13. The predicted molar refractivity (Wildman–Crippen MR) is 72.9 cm³/mol. The molecule has 0 amide bonds. The van der Waals surface area contributed by atoms with Crippen LogP contribution in [-0.2, 0) is 13.5 Å². The van der Waals surface area contributed by atoms with Crippen LogP contribution >= 0.6 is 15.9 Å². The van der Waals surface area contributed by atoms with Crippen molar-refractivity contribution in [3.05, 3.63) is 52.3 Å². The number of aromatic nitrogens is 2. The normalized spacial score (nSPS) is 12.6. The third-order valence-corrected chi connectivity index (χ3v) is 3.30. The first-order valence-corrected chi connectivity index (χ1v) is 6.38. The first kappa shape index (κ1) is 12.3. The molecule has 1 atom stereocenters. The van der Waals surface area contributed by atoms with Crippen molar-refractivity contribution < 1.29 is 0 Å². The van der Waals surface area contributed by atoms with Crippen LogP contribution in [0.15, 0.2) is 41.1 Å². The number of hydrogen-bond acceptors (Lipinski definition) is 2. The summed E-state index contributed by atoms with van der Waals surface area (Å²) in [5, 5.41) is 7.54. The number of likely N-dealkylation sites (N-methyl/N-ethyl adjacent to an activating group) is 1. The molecule has 0 aliphatic heterocycles. The van der Waals surface area contributed by atoms with Gasteiger partial charge in [-0.25, -0.2) is 0 Å². The second-order valence-electron chi connectivity index (χ2n) is 4.12. The first-order chi connectivity index (χ1) is 8.19. The van der Waals surface area contributed by atoms with Gasteiger partial charge in [0.2, 0.25) is 0 Å². The number of halogens is 1. The standard InChI is InChI=1S/C13H16BrN3/c1-15-13(11-8-16-17(2)9-11)7-10-4-3-5-12(14)6-10/h3-6,8-9,13,15H,7H2,1-2H3. The molecule has 3 nitrogen and oxygen atoms in total. The van der Waals surface area contributed by atoms with Gasteiger partial charge in [-0.2, -0.15) is 5.10 Å². The van der Waals surface area contributed by atoms with Gasteiger partial charge in [-0.05, 0) is 31.2 Å². The Kier molecular flexibility index (Phi) is 3.97. The van der Waals surface area contributed by atoms with Crippen molar-refractivity contribution in [2.45, 2.75) is 12.5 Å². The minimum absolute atomic E-state index is 0.304. The fourth-order valence-electron chi connectivity index (χ4n) is 1.91. The van der Waals surface area contributed by atoms with Crippen LogP contribution in [0.4, 0.5) is 0 Å². The van der Waals surface area contributed by atoms with Gasteiger partial charge < -0.3 is 5.32 Å². The van der Waals surface area contributed by atoms with Crippen molar-refractivity contribution in [1.82, 2.24) is 15.1 Å². The molecular weight excluding hydrogens is 278 g/mol. The average molecular weight is 294 g/mol. The molecule has 0 bridgehead atoms. The summed E-state index contributed by atoms with van der Waals surface area (Å²) < 4.78 is 2.96. The molecule has 2 rings (SSSR count). The Morgan fingerprint density at radius 3 is 2.88 bits per heavy atom. The number of rotatable bonds is 4. The molecule has 1 aromatic heterocycles. The van der Waals surface area contributed by atoms with E-state index in [-0.39, 0.29) is 0 Å². The Bertz CT molecular complexity index is 493. The smallest absolute Gasteiger partial charge is 0.0537 e. The second kappa shape index (κ2) is 5.47. The zero-order valence-corrected chi connectivity index (χ0v) is 11.6. The van der Waals surface area contributed by atoms with Gasteiger partial charge in [-0.3, -0.25) is 4.68 Å². The Balaban J connectivity index is 2.15. The van der Waals surface area contributed by atoms with E-state index in [2.05, 4.69) is 50.7 Å². The van der Waals surface area contributed by atoms with Crippen molar-refractivity contribution in [1.29, 1.82) is 0 Å². The summed E-state index contributed by atoms with van der Waals surface area (Å²) in [5.74, 6) is 0. The van der Waals surface area contributed by atoms with Crippen molar-refractivity contribution in [2.24, 2.45) is 7.05 Å². The van der Waals surface area contributed by atoms with Crippen LogP contribution in [0.1, 0.15) is 17.2 Å². The van der Waals surface area contributed by atoms with Crippen LogP contribution in [0.3, 0.4) is 0 Å². The van der Waals surface area contributed by atoms with Gasteiger partial charge in [0, 0.05) is 29.3 Å². The highest BCUT2D eigenvalue weighted by molar-refractivity contribution is 9.10. The number of nitrogens with one attached hydrogen (secondary N) is 1. The molecule has 17 heavy (non-hydrogen) atoms. The van der Waals surface area contributed by atoms with E-state index >= 15 is 0 Å². The van der Waals surface area contributed by atoms with E-state index in [1.165, 1.54) is 11.1 Å². The Labute approximate surface area is 110 Å². The predicted octanol–water partition coefficient (Wildman–Crippen LogP) is 2.69. The van der Waals surface area contributed by atoms with Gasteiger partial charge in [-0.15, -0.1) is 0 Å². The van der Waals surface area contributed by atoms with Crippen LogP contribution in [0.5, 0.6) is 0 Å². The topological polar surface area (TPSA) is 29.9 Å². The quantitative estimate of drug-likeness (QED) is 0.939. The van der Waals surface area contributed by atoms with Crippen LogP contribution in [-0.4, -0.2) is 16.8 Å². The average Bonchev–Trinajstić information content (AvgIpc) is 2.73. The molecule has 1 heterocycles. The molecule has 0 spiro atoms. The highest BCUT2D eigenvalue weighted by atomic mass is 79.9. The van der Waals surface area contributed by atoms with E-state index in [0.717, 1.165) is 10.9 Å². The van der Waals surface area contributed by atoms with Gasteiger partial charge in [-0.1, -0.05) is 28.1 Å². The van der Waals surface area contributed by atoms with Gasteiger partial charge in [0.1, 0.15) is 0 Å². The molecule has 4 heteroatoms. The van der Waals surface area contributed by atoms with E-state index in [1.807, 2.05) is 31.0 Å². The fraction of sp³-hybridized carbons (Fsp3) is 0.308. The maximum Gasteiger partial charge on any atom is 0.0537 e. The zero-order chi connectivity index (χ0) is 12.3. The zero-order valence-electron chi connectivity index (χ0n) is 10.0. The minimum atomic E-state index is 0.304. The number of nitrogens with zero attached hydrogens (tertiary/aromatic N) is 2. The fourth-order valence-corrected chi connectivity index (χ4v) is 2.35. The van der Waals surface area contributed by atoms with Crippen LogP contribution < -0.4 is 5.32 Å². The Morgan fingerprint density at radius 1 is 1.47 bits per heavy atom. The molecule has 0 saturated carbocycles. The van der Waals surface area contributed by atoms with Crippen LogP contribution in [0.25, 0.3) is 0 Å². The molecular formula is C13H16BrN3. The summed E-state index contributed by atoms with van der Waals surface area (Å²) in [5.41, 5.74) is 2.53. The second-order valence-corrected chi connectivity index (χ2v) is 5.04. The van der Waals surface area contributed by atoms with Crippen molar-refractivity contribution >= 4 is 15.9 Å². The lowest BCUT2D eigenvalue weighted by Gasteiger charge is -2.14. The van der Waals surface area contributed by atoms with Crippen LogP contribution in [0.2, 0.25) is 0 Å². The van der Waals surface area contributed by atoms with Crippen LogP contribution in [0, 0.1) is 0 Å². The highest BCUT2D eigenvalue weighted by Crippen LogP contribution is 2.19. The van der Waals surface area contributed by atoms with Gasteiger partial charge in [0.15, 0.2) is 0 Å². The molecule has 90 valence electrons. The largest absolute Gasteiger partial charge is 0.313 e. The van der Waals surface area contributed by atoms with E-state index in [4.69, 9.17) is 0 Å². The third kappa shape index (κ3) is 3.17. The summed E-state index contributed by atoms with van der Waals surface area (Å²) in [7, 11) is 3.92. The van der Waals surface area contributed by atoms with E-state index in [0.29, 0.717) is 6.04 Å². The van der Waals surface area contributed by atoms with Gasteiger partial charge >= 0.3 is 0 Å². The maximum atomic E-state index is 4.21. The summed E-state index contributed by atoms with van der Waals surface area (Å²) in [6.07, 6.45) is 4.93. The molecule has 0 aliphatic carbocycles. The highest BCUT2D eigenvalue weighted by Gasteiger charge is 2.11. The van der Waals surface area contributed by atoms with E-state index < -0.39 is 0 Å².